The Morgan fingerprint density at radius 1 is 0.800 bits per heavy atom. The average molecular weight is 543 g/mol. The predicted octanol–water partition coefficient (Wildman–Crippen LogP) is 6.42. The van der Waals surface area contributed by atoms with E-state index in [1.807, 2.05) is 54.6 Å². The molecule has 3 N–H and O–H groups in total. The Bertz CT molecular complexity index is 1200. The normalized spacial score (nSPS) is 11.3. The fourth-order valence-electron chi connectivity index (χ4n) is 4.28. The van der Waals surface area contributed by atoms with E-state index in [-0.39, 0.29) is 5.91 Å². The largest absolute Gasteiger partial charge is 0.384 e. The van der Waals surface area contributed by atoms with Crippen LogP contribution in [0.4, 0.5) is 11.6 Å². The zero-order chi connectivity index (χ0) is 28.3. The van der Waals surface area contributed by atoms with Crippen molar-refractivity contribution in [1.82, 2.24) is 30.2 Å². The molecule has 1 aromatic carbocycles. The van der Waals surface area contributed by atoms with Crippen molar-refractivity contribution in [3.05, 3.63) is 90.5 Å². The molecule has 0 spiro atoms. The number of hydrogen-bond acceptors (Lipinski definition) is 7. The molecule has 1 atom stereocenters. The summed E-state index contributed by atoms with van der Waals surface area (Å²) >= 11 is 0. The molecular formula is C31H42N8O. The number of nitrogen functional groups attached to an aromatic ring is 1. The first-order valence-electron chi connectivity index (χ1n) is 14.4. The van der Waals surface area contributed by atoms with Crippen molar-refractivity contribution in [2.75, 3.05) is 11.1 Å². The number of hydrogen-bond donors (Lipinski definition) is 2. The van der Waals surface area contributed by atoms with Gasteiger partial charge < -0.3 is 11.1 Å². The number of nitrogens with one attached hydrogen (secondary N) is 1. The van der Waals surface area contributed by atoms with Gasteiger partial charge in [0.15, 0.2) is 5.82 Å². The van der Waals surface area contributed by atoms with Crippen molar-refractivity contribution in [2.45, 2.75) is 83.6 Å². The molecule has 40 heavy (non-hydrogen) atoms. The van der Waals surface area contributed by atoms with Crippen molar-refractivity contribution in [3.8, 4) is 0 Å². The molecule has 1 unspecified atom stereocenters. The molecule has 0 saturated heterocycles. The van der Waals surface area contributed by atoms with E-state index < -0.39 is 5.92 Å². The first-order chi connectivity index (χ1) is 19.7. The van der Waals surface area contributed by atoms with E-state index >= 15 is 0 Å². The van der Waals surface area contributed by atoms with Crippen molar-refractivity contribution < 1.29 is 4.79 Å². The standard InChI is InChI=1S/C26H36N6O.C5H6N2/c1-2-3-4-5-6-7-8-9-10-16-21-32-30-25(29-31-32)24(22-17-12-11-13-18-22)26(33)28-23-19-14-15-20-27-23;6-5-3-1-2-4-7-5/h11-15,17-20,24H,2-10,16,21H2,1H3,(H,27,28,33);1-4H,(H2,6,7). The lowest BCUT2D eigenvalue weighted by molar-refractivity contribution is -0.116. The topological polar surface area (TPSA) is 124 Å². The van der Waals surface area contributed by atoms with Gasteiger partial charge in [0, 0.05) is 12.4 Å². The van der Waals surface area contributed by atoms with Gasteiger partial charge in [-0.3, -0.25) is 4.79 Å². The maximum absolute atomic E-state index is 13.1. The highest BCUT2D eigenvalue weighted by atomic mass is 16.2. The van der Waals surface area contributed by atoms with Gasteiger partial charge in [-0.1, -0.05) is 107 Å². The molecule has 3 aromatic heterocycles. The van der Waals surface area contributed by atoms with Crippen LogP contribution in [-0.2, 0) is 11.3 Å². The number of pyridine rings is 2. The number of rotatable bonds is 15. The number of nitrogens with two attached hydrogens (primary N) is 1. The number of amides is 1. The Kier molecular flexibility index (Phi) is 13.8. The number of tetrazole rings is 1. The van der Waals surface area contributed by atoms with Crippen molar-refractivity contribution in [2.24, 2.45) is 0 Å². The molecular weight excluding hydrogens is 500 g/mol. The molecule has 1 amide bonds. The van der Waals surface area contributed by atoms with E-state index in [4.69, 9.17) is 5.73 Å². The Morgan fingerprint density at radius 2 is 1.43 bits per heavy atom. The number of carbonyl (C=O) groups excluding carboxylic acids is 1. The summed E-state index contributed by atoms with van der Waals surface area (Å²) in [5, 5.41) is 15.8. The minimum Gasteiger partial charge on any atom is -0.384 e. The van der Waals surface area contributed by atoms with Crippen LogP contribution in [0.25, 0.3) is 0 Å². The van der Waals surface area contributed by atoms with Gasteiger partial charge in [0.2, 0.25) is 5.91 Å². The number of anilines is 2. The van der Waals surface area contributed by atoms with Crippen LogP contribution in [0, 0.1) is 0 Å². The third-order valence-corrected chi connectivity index (χ3v) is 6.44. The molecule has 0 aliphatic rings. The summed E-state index contributed by atoms with van der Waals surface area (Å²) in [5.41, 5.74) is 6.07. The van der Waals surface area contributed by atoms with E-state index in [2.05, 4.69) is 37.6 Å². The van der Waals surface area contributed by atoms with E-state index in [1.54, 1.807) is 29.3 Å². The van der Waals surface area contributed by atoms with Crippen LogP contribution in [0.1, 0.15) is 88.4 Å². The first kappa shape index (κ1) is 30.4. The SMILES string of the molecule is CCCCCCCCCCCCn1nnc(C(C(=O)Nc2ccccn2)c2ccccc2)n1.Nc1ccccn1. The molecule has 0 fully saturated rings. The lowest BCUT2D eigenvalue weighted by Gasteiger charge is -2.13. The Hall–Kier alpha value is -4.14. The molecule has 3 heterocycles. The number of nitrogens with zero attached hydrogens (tertiary/aromatic N) is 6. The molecule has 0 saturated carbocycles. The summed E-state index contributed by atoms with van der Waals surface area (Å²) in [5.74, 6) is 0.610. The first-order valence-corrected chi connectivity index (χ1v) is 14.4. The minimum absolute atomic E-state index is 0.224. The third-order valence-electron chi connectivity index (χ3n) is 6.44. The van der Waals surface area contributed by atoms with Crippen molar-refractivity contribution in [3.63, 3.8) is 0 Å². The van der Waals surface area contributed by atoms with Gasteiger partial charge in [-0.05, 0) is 41.5 Å². The highest BCUT2D eigenvalue weighted by Crippen LogP contribution is 2.23. The summed E-state index contributed by atoms with van der Waals surface area (Å²) in [4.78, 5) is 22.7. The molecule has 0 bridgehead atoms. The van der Waals surface area contributed by atoms with Gasteiger partial charge in [0.05, 0.1) is 6.54 Å². The predicted molar refractivity (Wildman–Crippen MR) is 159 cm³/mol. The smallest absolute Gasteiger partial charge is 0.240 e. The van der Waals surface area contributed by atoms with E-state index in [0.717, 1.165) is 18.4 Å². The second kappa shape index (κ2) is 18.2. The number of carbonyl (C=O) groups is 1. The molecule has 0 aliphatic carbocycles. The van der Waals surface area contributed by atoms with Crippen molar-refractivity contribution >= 4 is 17.5 Å². The number of benzene rings is 1. The molecule has 9 nitrogen and oxygen atoms in total. The fourth-order valence-corrected chi connectivity index (χ4v) is 4.28. The molecule has 4 rings (SSSR count). The molecule has 0 radical (unpaired) electrons. The van der Waals surface area contributed by atoms with Gasteiger partial charge in [0.1, 0.15) is 17.6 Å². The van der Waals surface area contributed by atoms with Gasteiger partial charge in [-0.25, -0.2) is 9.97 Å². The minimum atomic E-state index is -0.644. The second-order valence-electron chi connectivity index (χ2n) is 9.73. The van der Waals surface area contributed by atoms with Crippen LogP contribution in [0.3, 0.4) is 0 Å². The van der Waals surface area contributed by atoms with Crippen molar-refractivity contribution in [1.29, 1.82) is 0 Å². The summed E-state index contributed by atoms with van der Waals surface area (Å²) in [6.45, 7) is 2.97. The van der Waals surface area contributed by atoms with Crippen LogP contribution in [0.2, 0.25) is 0 Å². The highest BCUT2D eigenvalue weighted by molar-refractivity contribution is 5.96. The summed E-state index contributed by atoms with van der Waals surface area (Å²) in [6.07, 6.45) is 16.1. The van der Waals surface area contributed by atoms with Gasteiger partial charge >= 0.3 is 0 Å². The average Bonchev–Trinajstić information content (AvgIpc) is 3.44. The lowest BCUT2D eigenvalue weighted by Crippen LogP contribution is -2.24. The zero-order valence-corrected chi connectivity index (χ0v) is 23.5. The van der Waals surface area contributed by atoms with Crippen LogP contribution >= 0.6 is 0 Å². The van der Waals surface area contributed by atoms with E-state index in [0.29, 0.717) is 24.0 Å². The van der Waals surface area contributed by atoms with Gasteiger partial charge in [0.25, 0.3) is 0 Å². The Labute approximate surface area is 237 Å². The monoisotopic (exact) mass is 542 g/mol. The highest BCUT2D eigenvalue weighted by Gasteiger charge is 2.27. The maximum atomic E-state index is 13.1. The fraction of sp³-hybridized carbons (Fsp3) is 0.419. The number of unbranched alkanes of at least 4 members (excludes halogenated alkanes) is 9. The summed E-state index contributed by atoms with van der Waals surface area (Å²) in [6, 6.07) is 20.4. The van der Waals surface area contributed by atoms with Gasteiger partial charge in [-0.15, -0.1) is 10.2 Å². The van der Waals surface area contributed by atoms with E-state index in [1.165, 1.54) is 51.4 Å². The molecule has 4 aromatic rings. The Morgan fingerprint density at radius 3 is 2.00 bits per heavy atom. The summed E-state index contributed by atoms with van der Waals surface area (Å²) < 4.78 is 0. The summed E-state index contributed by atoms with van der Waals surface area (Å²) in [7, 11) is 0. The second-order valence-corrected chi connectivity index (χ2v) is 9.73. The van der Waals surface area contributed by atoms with Gasteiger partial charge in [-0.2, -0.15) is 4.80 Å². The molecule has 9 heteroatoms. The van der Waals surface area contributed by atoms with Crippen LogP contribution in [0.5, 0.6) is 0 Å². The third kappa shape index (κ3) is 11.3. The van der Waals surface area contributed by atoms with E-state index in [9.17, 15) is 4.79 Å². The quantitative estimate of drug-likeness (QED) is 0.166. The zero-order valence-electron chi connectivity index (χ0n) is 23.5. The Balaban J connectivity index is 0.000000547. The molecule has 0 aliphatic heterocycles. The van der Waals surface area contributed by atoms with Crippen LogP contribution in [-0.4, -0.2) is 36.1 Å². The number of aryl methyl sites for hydroxylation is 1. The van der Waals surface area contributed by atoms with Crippen LogP contribution < -0.4 is 11.1 Å². The molecule has 212 valence electrons. The maximum Gasteiger partial charge on any atom is 0.240 e. The number of aromatic nitrogens is 6. The lowest BCUT2D eigenvalue weighted by atomic mass is 9.97. The van der Waals surface area contributed by atoms with Crippen LogP contribution in [0.15, 0.2) is 79.1 Å².